The first-order chi connectivity index (χ1) is 8.60. The summed E-state index contributed by atoms with van der Waals surface area (Å²) in [6.07, 6.45) is 1.65. The minimum atomic E-state index is -0.119. The molecule has 0 aliphatic rings. The molecule has 0 bridgehead atoms. The van der Waals surface area contributed by atoms with Crippen molar-refractivity contribution in [2.45, 2.75) is 6.92 Å². The van der Waals surface area contributed by atoms with Gasteiger partial charge in [-0.2, -0.15) is 0 Å². The largest absolute Gasteiger partial charge is 0.479 e. The van der Waals surface area contributed by atoms with Gasteiger partial charge in [0.05, 0.1) is 19.3 Å². The fraction of sp³-hybridized carbons (Fsp3) is 0.500. The Morgan fingerprint density at radius 3 is 2.78 bits per heavy atom. The van der Waals surface area contributed by atoms with Crippen LogP contribution in [0.4, 0.5) is 11.4 Å². The molecule has 0 radical (unpaired) electrons. The minimum Gasteiger partial charge on any atom is -0.479 e. The first-order valence-corrected chi connectivity index (χ1v) is 5.81. The number of nitrogens with zero attached hydrogens (tertiary/aromatic N) is 2. The van der Waals surface area contributed by atoms with Crippen LogP contribution in [0.15, 0.2) is 12.3 Å². The molecule has 1 rings (SSSR count). The summed E-state index contributed by atoms with van der Waals surface area (Å²) in [5, 5.41) is 5.78. The van der Waals surface area contributed by atoms with Crippen LogP contribution in [0.1, 0.15) is 6.92 Å². The zero-order valence-corrected chi connectivity index (χ0v) is 11.3. The molecule has 0 saturated carbocycles. The van der Waals surface area contributed by atoms with Crippen molar-refractivity contribution in [1.29, 1.82) is 0 Å². The summed E-state index contributed by atoms with van der Waals surface area (Å²) in [6.45, 7) is 2.96. The fourth-order valence-electron chi connectivity index (χ4n) is 1.50. The Morgan fingerprint density at radius 1 is 1.50 bits per heavy atom. The van der Waals surface area contributed by atoms with E-state index in [9.17, 15) is 4.79 Å². The molecule has 1 aromatic rings. The maximum Gasteiger partial charge on any atom is 0.239 e. The van der Waals surface area contributed by atoms with Gasteiger partial charge in [-0.3, -0.25) is 4.79 Å². The van der Waals surface area contributed by atoms with Crippen molar-refractivity contribution in [3.05, 3.63) is 12.3 Å². The lowest BCUT2D eigenvalue weighted by atomic mass is 10.3. The van der Waals surface area contributed by atoms with Gasteiger partial charge < -0.3 is 20.3 Å². The Hall–Kier alpha value is -1.82. The summed E-state index contributed by atoms with van der Waals surface area (Å²) >= 11 is 0. The Bertz CT molecular complexity index is 407. The second kappa shape index (κ2) is 6.80. The molecular formula is C12H20N4O2. The molecule has 6 heteroatoms. The second-order valence-corrected chi connectivity index (χ2v) is 3.94. The molecule has 0 unspecified atom stereocenters. The van der Waals surface area contributed by atoms with Crippen molar-refractivity contribution in [2.75, 3.05) is 44.5 Å². The number of amides is 1. The zero-order valence-electron chi connectivity index (χ0n) is 11.3. The number of hydrogen-bond acceptors (Lipinski definition) is 5. The number of methoxy groups -OCH3 is 1. The lowest BCUT2D eigenvalue weighted by molar-refractivity contribution is -0.115. The summed E-state index contributed by atoms with van der Waals surface area (Å²) in [5.41, 5.74) is 1.44. The summed E-state index contributed by atoms with van der Waals surface area (Å²) in [4.78, 5) is 17.7. The van der Waals surface area contributed by atoms with Gasteiger partial charge in [0.1, 0.15) is 5.69 Å². The van der Waals surface area contributed by atoms with Gasteiger partial charge in [0.2, 0.25) is 11.8 Å². The average molecular weight is 252 g/mol. The SMILES string of the molecule is CCNCC(=O)Nc1c(N(C)C)ccnc1OC. The van der Waals surface area contributed by atoms with E-state index in [1.807, 2.05) is 32.0 Å². The monoisotopic (exact) mass is 252 g/mol. The number of pyridine rings is 1. The molecule has 0 spiro atoms. The highest BCUT2D eigenvalue weighted by molar-refractivity contribution is 5.97. The van der Waals surface area contributed by atoms with Crippen LogP contribution in [0.3, 0.4) is 0 Å². The van der Waals surface area contributed by atoms with Gasteiger partial charge in [-0.25, -0.2) is 4.98 Å². The zero-order chi connectivity index (χ0) is 13.5. The lowest BCUT2D eigenvalue weighted by Crippen LogP contribution is -2.28. The molecular weight excluding hydrogens is 232 g/mol. The molecule has 0 saturated heterocycles. The summed E-state index contributed by atoms with van der Waals surface area (Å²) in [5.74, 6) is 0.289. The van der Waals surface area contributed by atoms with Gasteiger partial charge in [0, 0.05) is 20.3 Å². The van der Waals surface area contributed by atoms with Gasteiger partial charge in [-0.15, -0.1) is 0 Å². The molecule has 0 fully saturated rings. The van der Waals surface area contributed by atoms with E-state index in [4.69, 9.17) is 4.74 Å². The number of ether oxygens (including phenoxy) is 1. The predicted octanol–water partition coefficient (Wildman–Crippen LogP) is 0.704. The van der Waals surface area contributed by atoms with Crippen LogP contribution in [-0.2, 0) is 4.79 Å². The van der Waals surface area contributed by atoms with Crippen molar-refractivity contribution in [2.24, 2.45) is 0 Å². The van der Waals surface area contributed by atoms with Gasteiger partial charge in [-0.05, 0) is 12.6 Å². The molecule has 0 aliphatic carbocycles. The molecule has 18 heavy (non-hydrogen) atoms. The molecule has 1 aromatic heterocycles. The predicted molar refractivity (Wildman–Crippen MR) is 72.3 cm³/mol. The molecule has 0 aromatic carbocycles. The molecule has 1 heterocycles. The third-order valence-corrected chi connectivity index (χ3v) is 2.37. The Morgan fingerprint density at radius 2 is 2.22 bits per heavy atom. The number of likely N-dealkylation sites (N-methyl/N-ethyl adjacent to an activating group) is 1. The van der Waals surface area contributed by atoms with Crippen molar-refractivity contribution < 1.29 is 9.53 Å². The smallest absolute Gasteiger partial charge is 0.239 e. The van der Waals surface area contributed by atoms with Gasteiger partial charge in [0.15, 0.2) is 0 Å². The van der Waals surface area contributed by atoms with Crippen LogP contribution in [0, 0.1) is 0 Å². The van der Waals surface area contributed by atoms with E-state index in [1.165, 1.54) is 7.11 Å². The first kappa shape index (κ1) is 14.2. The summed E-state index contributed by atoms with van der Waals surface area (Å²) < 4.78 is 5.17. The van der Waals surface area contributed by atoms with E-state index in [0.29, 0.717) is 11.6 Å². The molecule has 1 amide bonds. The number of carbonyl (C=O) groups excluding carboxylic acids is 1. The number of anilines is 2. The number of rotatable bonds is 6. The Balaban J connectivity index is 2.94. The first-order valence-electron chi connectivity index (χ1n) is 5.81. The summed E-state index contributed by atoms with van der Waals surface area (Å²) in [6, 6.07) is 1.82. The van der Waals surface area contributed by atoms with Gasteiger partial charge >= 0.3 is 0 Å². The van der Waals surface area contributed by atoms with E-state index in [2.05, 4.69) is 15.6 Å². The lowest BCUT2D eigenvalue weighted by Gasteiger charge is -2.19. The van der Waals surface area contributed by atoms with Crippen LogP contribution in [-0.4, -0.2) is 45.2 Å². The number of nitrogens with one attached hydrogen (secondary N) is 2. The average Bonchev–Trinajstić information content (AvgIpc) is 2.36. The van der Waals surface area contributed by atoms with E-state index in [-0.39, 0.29) is 12.5 Å². The highest BCUT2D eigenvalue weighted by Gasteiger charge is 2.14. The third-order valence-electron chi connectivity index (χ3n) is 2.37. The van der Waals surface area contributed by atoms with Crippen molar-refractivity contribution in [3.8, 4) is 5.88 Å². The number of hydrogen-bond donors (Lipinski definition) is 2. The second-order valence-electron chi connectivity index (χ2n) is 3.94. The molecule has 100 valence electrons. The molecule has 0 aliphatic heterocycles. The van der Waals surface area contributed by atoms with Crippen LogP contribution in [0.5, 0.6) is 5.88 Å². The molecule has 0 atom stereocenters. The van der Waals surface area contributed by atoms with Crippen LogP contribution >= 0.6 is 0 Å². The van der Waals surface area contributed by atoms with E-state index in [1.54, 1.807) is 6.20 Å². The van der Waals surface area contributed by atoms with Crippen LogP contribution < -0.4 is 20.3 Å². The molecule has 2 N–H and O–H groups in total. The van der Waals surface area contributed by atoms with Crippen LogP contribution in [0.25, 0.3) is 0 Å². The van der Waals surface area contributed by atoms with Gasteiger partial charge in [0.25, 0.3) is 0 Å². The topological polar surface area (TPSA) is 66.5 Å². The standard InChI is InChI=1S/C12H20N4O2/c1-5-13-8-10(17)15-11-9(16(2)3)6-7-14-12(11)18-4/h6-7,13H,5,8H2,1-4H3,(H,15,17). The number of carbonyl (C=O) groups is 1. The van der Waals surface area contributed by atoms with E-state index >= 15 is 0 Å². The number of aromatic nitrogens is 1. The fourth-order valence-corrected chi connectivity index (χ4v) is 1.50. The highest BCUT2D eigenvalue weighted by atomic mass is 16.5. The van der Waals surface area contributed by atoms with Crippen molar-refractivity contribution in [3.63, 3.8) is 0 Å². The van der Waals surface area contributed by atoms with E-state index in [0.717, 1.165) is 12.2 Å². The van der Waals surface area contributed by atoms with E-state index < -0.39 is 0 Å². The summed E-state index contributed by atoms with van der Waals surface area (Å²) in [7, 11) is 5.32. The highest BCUT2D eigenvalue weighted by Crippen LogP contribution is 2.31. The van der Waals surface area contributed by atoms with Crippen molar-refractivity contribution >= 4 is 17.3 Å². The maximum atomic E-state index is 11.7. The minimum absolute atomic E-state index is 0.119. The van der Waals surface area contributed by atoms with Crippen molar-refractivity contribution in [1.82, 2.24) is 10.3 Å². The normalized spacial score (nSPS) is 10.0. The Labute approximate surface area is 107 Å². The Kier molecular flexibility index (Phi) is 5.38. The van der Waals surface area contributed by atoms with Gasteiger partial charge in [-0.1, -0.05) is 6.92 Å². The quantitative estimate of drug-likeness (QED) is 0.780. The van der Waals surface area contributed by atoms with Crippen LogP contribution in [0.2, 0.25) is 0 Å². The molecule has 6 nitrogen and oxygen atoms in total. The maximum absolute atomic E-state index is 11.7. The third kappa shape index (κ3) is 3.59.